The zero-order chi connectivity index (χ0) is 27.8. The fourth-order valence-corrected chi connectivity index (χ4v) is 4.98. The van der Waals surface area contributed by atoms with Gasteiger partial charge in [0.05, 0.1) is 37.3 Å². The van der Waals surface area contributed by atoms with Gasteiger partial charge in [0.2, 0.25) is 5.65 Å². The minimum atomic E-state index is -0.270. The monoisotopic (exact) mass is 532 g/mol. The van der Waals surface area contributed by atoms with Gasteiger partial charge in [0.1, 0.15) is 5.75 Å². The Hall–Kier alpha value is -3.88. The zero-order valence-corrected chi connectivity index (χ0v) is 23.3. The number of nitrogens with zero attached hydrogens (tertiary/aromatic N) is 5. The highest BCUT2D eigenvalue weighted by molar-refractivity contribution is 5.75. The number of aromatic nitrogens is 4. The van der Waals surface area contributed by atoms with E-state index in [0.29, 0.717) is 48.5 Å². The molecule has 1 N–H and O–H groups in total. The van der Waals surface area contributed by atoms with Crippen LogP contribution in [0.5, 0.6) is 11.6 Å². The third-order valence-corrected chi connectivity index (χ3v) is 7.41. The van der Waals surface area contributed by atoms with Crippen LogP contribution in [0.25, 0.3) is 16.9 Å². The van der Waals surface area contributed by atoms with E-state index in [1.807, 2.05) is 47.7 Å². The van der Waals surface area contributed by atoms with Gasteiger partial charge in [-0.1, -0.05) is 31.4 Å². The van der Waals surface area contributed by atoms with E-state index in [1.54, 1.807) is 25.6 Å². The SMILES string of the molecule is C=CCCOc1nc(-c2cc([C@@H](C)N(CC)C(=O)NC(CC=C)CC3CCC3)ncc2OC)cn2ccnc12. The molecule has 9 nitrogen and oxygen atoms in total. The lowest BCUT2D eigenvalue weighted by Crippen LogP contribution is -2.46. The summed E-state index contributed by atoms with van der Waals surface area (Å²) in [6, 6.07) is 1.67. The molecule has 1 fully saturated rings. The van der Waals surface area contributed by atoms with Crippen molar-refractivity contribution in [2.24, 2.45) is 5.92 Å². The van der Waals surface area contributed by atoms with Crippen molar-refractivity contribution in [3.05, 3.63) is 61.9 Å². The molecule has 39 heavy (non-hydrogen) atoms. The fraction of sp³-hybridized carbons (Fsp3) is 0.467. The first-order chi connectivity index (χ1) is 19.0. The number of amides is 2. The highest BCUT2D eigenvalue weighted by Crippen LogP contribution is 2.34. The van der Waals surface area contributed by atoms with Crippen molar-refractivity contribution >= 4 is 11.7 Å². The molecular formula is C30H40N6O3. The summed E-state index contributed by atoms with van der Waals surface area (Å²) in [5.74, 6) is 1.70. The van der Waals surface area contributed by atoms with Crippen molar-refractivity contribution in [3.8, 4) is 22.9 Å². The Morgan fingerprint density at radius 1 is 1.31 bits per heavy atom. The summed E-state index contributed by atoms with van der Waals surface area (Å²) < 4.78 is 13.5. The third kappa shape index (κ3) is 6.58. The molecule has 1 saturated carbocycles. The molecule has 1 aliphatic rings. The number of pyridine rings is 1. The van der Waals surface area contributed by atoms with E-state index in [1.165, 1.54) is 19.3 Å². The number of hydrogen-bond donors (Lipinski definition) is 1. The van der Waals surface area contributed by atoms with Crippen molar-refractivity contribution in [1.29, 1.82) is 0 Å². The molecule has 208 valence electrons. The van der Waals surface area contributed by atoms with Crippen LogP contribution in [-0.2, 0) is 0 Å². The number of methoxy groups -OCH3 is 1. The lowest BCUT2D eigenvalue weighted by atomic mass is 9.80. The second-order valence-corrected chi connectivity index (χ2v) is 9.99. The fourth-order valence-electron chi connectivity index (χ4n) is 4.98. The van der Waals surface area contributed by atoms with Crippen molar-refractivity contribution in [2.45, 2.75) is 64.5 Å². The number of fused-ring (bicyclic) bond motifs is 1. The van der Waals surface area contributed by atoms with Gasteiger partial charge in [-0.15, -0.1) is 13.2 Å². The molecule has 3 aromatic rings. The molecule has 0 spiro atoms. The van der Waals surface area contributed by atoms with Crippen molar-refractivity contribution in [2.75, 3.05) is 20.3 Å². The molecule has 0 aromatic carbocycles. The van der Waals surface area contributed by atoms with E-state index in [-0.39, 0.29) is 18.1 Å². The molecule has 4 rings (SSSR count). The number of urea groups is 1. The Balaban J connectivity index is 1.60. The standard InChI is InChI=1S/C30H40N6O3/c1-6-9-16-39-29-28-31-14-15-35(28)20-26(34-29)24-18-25(32-19-27(24)38-5)21(4)36(8-3)30(37)33-23(11-7-2)17-22-12-10-13-22/h6-7,14-15,18-23H,1-2,8-13,16-17H2,3-5H3,(H,33,37)/t21-,23?/m1/s1. The maximum atomic E-state index is 13.4. The van der Waals surface area contributed by atoms with E-state index in [9.17, 15) is 4.79 Å². The quantitative estimate of drug-likeness (QED) is 0.203. The van der Waals surface area contributed by atoms with Crippen molar-refractivity contribution in [3.63, 3.8) is 0 Å². The molecule has 3 heterocycles. The summed E-state index contributed by atoms with van der Waals surface area (Å²) in [5, 5.41) is 3.25. The second kappa shape index (κ2) is 13.3. The summed E-state index contributed by atoms with van der Waals surface area (Å²) in [7, 11) is 1.61. The summed E-state index contributed by atoms with van der Waals surface area (Å²) >= 11 is 0. The first kappa shape index (κ1) is 28.1. The largest absolute Gasteiger partial charge is 0.494 e. The Kier molecular flexibility index (Phi) is 9.57. The number of nitrogens with one attached hydrogen (secondary N) is 1. The van der Waals surface area contributed by atoms with Crippen LogP contribution >= 0.6 is 0 Å². The van der Waals surface area contributed by atoms with E-state index >= 15 is 0 Å². The molecule has 2 amide bonds. The van der Waals surface area contributed by atoms with Gasteiger partial charge in [0.25, 0.3) is 5.88 Å². The molecule has 3 aromatic heterocycles. The van der Waals surface area contributed by atoms with Gasteiger partial charge in [-0.25, -0.2) is 14.8 Å². The third-order valence-electron chi connectivity index (χ3n) is 7.41. The topological polar surface area (TPSA) is 93.9 Å². The Morgan fingerprint density at radius 3 is 2.79 bits per heavy atom. The smallest absolute Gasteiger partial charge is 0.318 e. The van der Waals surface area contributed by atoms with Gasteiger partial charge >= 0.3 is 6.03 Å². The molecular weight excluding hydrogens is 492 g/mol. The van der Waals surface area contributed by atoms with Crippen LogP contribution in [0.2, 0.25) is 0 Å². The summed E-state index contributed by atoms with van der Waals surface area (Å²) in [5.41, 5.74) is 2.78. The molecule has 0 bridgehead atoms. The van der Waals surface area contributed by atoms with E-state index < -0.39 is 0 Å². The van der Waals surface area contributed by atoms with Gasteiger partial charge in [-0.05, 0) is 45.1 Å². The Bertz CT molecular complexity index is 1280. The molecule has 2 atom stereocenters. The summed E-state index contributed by atoms with van der Waals surface area (Å²) in [6.45, 7) is 12.6. The van der Waals surface area contributed by atoms with Gasteiger partial charge < -0.3 is 24.1 Å². The van der Waals surface area contributed by atoms with Crippen LogP contribution in [0.3, 0.4) is 0 Å². The normalized spacial score (nSPS) is 14.7. The van der Waals surface area contributed by atoms with Crippen LogP contribution in [0.4, 0.5) is 4.79 Å². The second-order valence-electron chi connectivity index (χ2n) is 9.99. The lowest BCUT2D eigenvalue weighted by molar-refractivity contribution is 0.172. The lowest BCUT2D eigenvalue weighted by Gasteiger charge is -2.33. The van der Waals surface area contributed by atoms with Gasteiger partial charge in [0.15, 0.2) is 0 Å². The van der Waals surface area contributed by atoms with Crippen LogP contribution in [0, 0.1) is 5.92 Å². The van der Waals surface area contributed by atoms with E-state index in [4.69, 9.17) is 14.5 Å². The van der Waals surface area contributed by atoms with Crippen LogP contribution in [0.1, 0.15) is 64.1 Å². The minimum Gasteiger partial charge on any atom is -0.494 e. The Morgan fingerprint density at radius 2 is 2.13 bits per heavy atom. The average Bonchev–Trinajstić information content (AvgIpc) is 3.40. The van der Waals surface area contributed by atoms with Crippen LogP contribution < -0.4 is 14.8 Å². The molecule has 0 saturated heterocycles. The van der Waals surface area contributed by atoms with E-state index in [0.717, 1.165) is 24.1 Å². The van der Waals surface area contributed by atoms with Crippen molar-refractivity contribution < 1.29 is 14.3 Å². The summed E-state index contributed by atoms with van der Waals surface area (Å²) in [6.07, 6.45) is 17.1. The predicted octanol–water partition coefficient (Wildman–Crippen LogP) is 5.98. The molecule has 1 unspecified atom stereocenters. The Labute approximate surface area is 231 Å². The maximum Gasteiger partial charge on any atom is 0.318 e. The first-order valence-electron chi connectivity index (χ1n) is 13.8. The first-order valence-corrected chi connectivity index (χ1v) is 13.8. The van der Waals surface area contributed by atoms with Gasteiger partial charge in [0, 0.05) is 36.7 Å². The number of carbonyl (C=O) groups is 1. The maximum absolute atomic E-state index is 13.4. The zero-order valence-electron chi connectivity index (χ0n) is 23.3. The predicted molar refractivity (Wildman–Crippen MR) is 153 cm³/mol. The van der Waals surface area contributed by atoms with Crippen molar-refractivity contribution in [1.82, 2.24) is 29.6 Å². The van der Waals surface area contributed by atoms with Crippen LogP contribution in [-0.4, -0.2) is 56.6 Å². The van der Waals surface area contributed by atoms with E-state index in [2.05, 4.69) is 28.4 Å². The van der Waals surface area contributed by atoms with Crippen LogP contribution in [0.15, 0.2) is 56.2 Å². The number of carbonyl (C=O) groups excluding carboxylic acids is 1. The molecule has 0 radical (unpaired) electrons. The highest BCUT2D eigenvalue weighted by Gasteiger charge is 2.27. The molecule has 1 aliphatic carbocycles. The average molecular weight is 533 g/mol. The number of ether oxygens (including phenoxy) is 2. The number of rotatable bonds is 14. The molecule has 9 heteroatoms. The highest BCUT2D eigenvalue weighted by atomic mass is 16.5. The summed E-state index contributed by atoms with van der Waals surface area (Å²) in [4.78, 5) is 29.0. The number of hydrogen-bond acceptors (Lipinski definition) is 6. The number of imidazole rings is 1. The molecule has 0 aliphatic heterocycles. The van der Waals surface area contributed by atoms with Gasteiger partial charge in [-0.3, -0.25) is 4.98 Å². The van der Waals surface area contributed by atoms with Gasteiger partial charge in [-0.2, -0.15) is 0 Å². The minimum absolute atomic E-state index is 0.0894.